The second-order valence-corrected chi connectivity index (χ2v) is 6.68. The van der Waals surface area contributed by atoms with Crippen LogP contribution in [0.15, 0.2) is 24.3 Å². The van der Waals surface area contributed by atoms with Gasteiger partial charge < -0.3 is 5.32 Å². The average Bonchev–Trinajstić information content (AvgIpc) is 2.37. The standard InChI is InChI=1S/C17H24N2/c1-13-10-17(2,3)9-8-16(13)19-12-15-6-4-14(11-18)5-7-15/h4-7,13,16,19H,8-10,12H2,1-3H3. The van der Waals surface area contributed by atoms with Crippen LogP contribution in [0.5, 0.6) is 0 Å². The number of hydrogen-bond donors (Lipinski definition) is 1. The zero-order chi connectivity index (χ0) is 13.9. The maximum atomic E-state index is 8.78. The Morgan fingerprint density at radius 2 is 2.00 bits per heavy atom. The summed E-state index contributed by atoms with van der Waals surface area (Å²) in [6.45, 7) is 8.01. The second kappa shape index (κ2) is 5.75. The summed E-state index contributed by atoms with van der Waals surface area (Å²) < 4.78 is 0. The van der Waals surface area contributed by atoms with E-state index < -0.39 is 0 Å². The maximum Gasteiger partial charge on any atom is 0.0991 e. The van der Waals surface area contributed by atoms with Crippen LogP contribution in [0.25, 0.3) is 0 Å². The molecule has 0 bridgehead atoms. The van der Waals surface area contributed by atoms with Crippen LogP contribution in [0.1, 0.15) is 51.2 Å². The van der Waals surface area contributed by atoms with Crippen molar-refractivity contribution in [1.29, 1.82) is 5.26 Å². The minimum Gasteiger partial charge on any atom is -0.310 e. The molecule has 0 radical (unpaired) electrons. The normalized spacial score (nSPS) is 25.8. The van der Waals surface area contributed by atoms with E-state index in [1.807, 2.05) is 24.3 Å². The van der Waals surface area contributed by atoms with E-state index in [2.05, 4.69) is 32.2 Å². The van der Waals surface area contributed by atoms with Crippen LogP contribution in [0, 0.1) is 22.7 Å². The van der Waals surface area contributed by atoms with Crippen molar-refractivity contribution in [3.63, 3.8) is 0 Å². The number of nitrogens with zero attached hydrogens (tertiary/aromatic N) is 1. The van der Waals surface area contributed by atoms with Crippen molar-refractivity contribution in [1.82, 2.24) is 5.32 Å². The van der Waals surface area contributed by atoms with Gasteiger partial charge in [0.1, 0.15) is 0 Å². The predicted molar refractivity (Wildman–Crippen MR) is 78.6 cm³/mol. The molecule has 0 aromatic heterocycles. The Bertz CT molecular complexity index is 453. The lowest BCUT2D eigenvalue weighted by molar-refractivity contribution is 0.148. The van der Waals surface area contributed by atoms with Crippen molar-refractivity contribution in [3.05, 3.63) is 35.4 Å². The summed E-state index contributed by atoms with van der Waals surface area (Å²) in [6.07, 6.45) is 3.88. The lowest BCUT2D eigenvalue weighted by Gasteiger charge is -2.39. The highest BCUT2D eigenvalue weighted by Gasteiger charge is 2.31. The maximum absolute atomic E-state index is 8.78. The third kappa shape index (κ3) is 3.81. The molecule has 0 spiro atoms. The SMILES string of the molecule is CC1CC(C)(C)CCC1NCc1ccc(C#N)cc1. The summed E-state index contributed by atoms with van der Waals surface area (Å²) in [7, 11) is 0. The van der Waals surface area contributed by atoms with Gasteiger partial charge in [0.05, 0.1) is 11.6 Å². The zero-order valence-electron chi connectivity index (χ0n) is 12.2. The van der Waals surface area contributed by atoms with Gasteiger partial charge in [0, 0.05) is 12.6 Å². The Kier molecular flexibility index (Phi) is 4.27. The minimum atomic E-state index is 0.506. The Morgan fingerprint density at radius 1 is 1.32 bits per heavy atom. The van der Waals surface area contributed by atoms with E-state index in [-0.39, 0.29) is 0 Å². The number of nitriles is 1. The topological polar surface area (TPSA) is 35.8 Å². The van der Waals surface area contributed by atoms with Gasteiger partial charge in [-0.05, 0) is 48.3 Å². The Morgan fingerprint density at radius 3 is 2.58 bits per heavy atom. The molecule has 1 aliphatic rings. The van der Waals surface area contributed by atoms with E-state index in [0.29, 0.717) is 11.5 Å². The number of benzene rings is 1. The first-order valence-electron chi connectivity index (χ1n) is 7.23. The molecule has 1 N–H and O–H groups in total. The van der Waals surface area contributed by atoms with E-state index in [9.17, 15) is 0 Å². The predicted octanol–water partition coefficient (Wildman–Crippen LogP) is 3.86. The molecule has 1 aliphatic carbocycles. The van der Waals surface area contributed by atoms with Crippen LogP contribution in [0.4, 0.5) is 0 Å². The quantitative estimate of drug-likeness (QED) is 0.891. The van der Waals surface area contributed by atoms with Crippen molar-refractivity contribution in [2.75, 3.05) is 0 Å². The molecular formula is C17H24N2. The molecule has 102 valence electrons. The fourth-order valence-corrected chi connectivity index (χ4v) is 3.20. The summed E-state index contributed by atoms with van der Waals surface area (Å²) in [5.41, 5.74) is 2.50. The van der Waals surface area contributed by atoms with Crippen LogP contribution in [-0.2, 0) is 6.54 Å². The second-order valence-electron chi connectivity index (χ2n) is 6.68. The van der Waals surface area contributed by atoms with Crippen molar-refractivity contribution < 1.29 is 0 Å². The van der Waals surface area contributed by atoms with Gasteiger partial charge in [-0.15, -0.1) is 0 Å². The first-order chi connectivity index (χ1) is 9.00. The summed E-state index contributed by atoms with van der Waals surface area (Å²) in [4.78, 5) is 0. The molecule has 0 saturated heterocycles. The number of hydrogen-bond acceptors (Lipinski definition) is 2. The van der Waals surface area contributed by atoms with Crippen LogP contribution >= 0.6 is 0 Å². The first-order valence-corrected chi connectivity index (χ1v) is 7.23. The minimum absolute atomic E-state index is 0.506. The van der Waals surface area contributed by atoms with E-state index in [1.165, 1.54) is 24.8 Å². The van der Waals surface area contributed by atoms with Gasteiger partial charge in [0.25, 0.3) is 0 Å². The van der Waals surface area contributed by atoms with Crippen LogP contribution in [-0.4, -0.2) is 6.04 Å². The molecule has 2 unspecified atom stereocenters. The van der Waals surface area contributed by atoms with Crippen LogP contribution in [0.2, 0.25) is 0 Å². The number of nitrogens with one attached hydrogen (secondary N) is 1. The Labute approximate surface area is 116 Å². The molecule has 1 aromatic carbocycles. The van der Waals surface area contributed by atoms with Gasteiger partial charge in [-0.1, -0.05) is 32.9 Å². The monoisotopic (exact) mass is 256 g/mol. The fourth-order valence-electron chi connectivity index (χ4n) is 3.20. The highest BCUT2D eigenvalue weighted by Crippen LogP contribution is 2.38. The van der Waals surface area contributed by atoms with Gasteiger partial charge in [0.2, 0.25) is 0 Å². The highest BCUT2D eigenvalue weighted by atomic mass is 14.9. The molecule has 2 heteroatoms. The molecule has 19 heavy (non-hydrogen) atoms. The van der Waals surface area contributed by atoms with E-state index in [0.717, 1.165) is 18.0 Å². The third-order valence-corrected chi connectivity index (χ3v) is 4.34. The molecule has 2 atom stereocenters. The van der Waals surface area contributed by atoms with Gasteiger partial charge in [-0.25, -0.2) is 0 Å². The summed E-state index contributed by atoms with van der Waals surface area (Å²) in [5, 5.41) is 12.5. The number of rotatable bonds is 3. The summed E-state index contributed by atoms with van der Waals surface area (Å²) in [6, 6.07) is 10.7. The molecule has 0 aliphatic heterocycles. The molecule has 1 saturated carbocycles. The smallest absolute Gasteiger partial charge is 0.0991 e. The molecule has 1 aromatic rings. The van der Waals surface area contributed by atoms with Crippen molar-refractivity contribution in [2.24, 2.45) is 11.3 Å². The van der Waals surface area contributed by atoms with Crippen LogP contribution < -0.4 is 5.32 Å². The van der Waals surface area contributed by atoms with Crippen molar-refractivity contribution in [2.45, 2.75) is 52.6 Å². The zero-order valence-corrected chi connectivity index (χ0v) is 12.2. The first kappa shape index (κ1) is 14.1. The largest absolute Gasteiger partial charge is 0.310 e. The van der Waals surface area contributed by atoms with Gasteiger partial charge in [0.15, 0.2) is 0 Å². The molecular weight excluding hydrogens is 232 g/mol. The Balaban J connectivity index is 1.87. The molecule has 0 amide bonds. The van der Waals surface area contributed by atoms with Gasteiger partial charge in [-0.3, -0.25) is 0 Å². The van der Waals surface area contributed by atoms with E-state index >= 15 is 0 Å². The van der Waals surface area contributed by atoms with Crippen molar-refractivity contribution in [3.8, 4) is 6.07 Å². The van der Waals surface area contributed by atoms with Crippen molar-refractivity contribution >= 4 is 0 Å². The van der Waals surface area contributed by atoms with E-state index in [1.54, 1.807) is 0 Å². The van der Waals surface area contributed by atoms with E-state index in [4.69, 9.17) is 5.26 Å². The fraction of sp³-hybridized carbons (Fsp3) is 0.588. The lowest BCUT2D eigenvalue weighted by Crippen LogP contribution is -2.41. The molecule has 0 heterocycles. The summed E-state index contributed by atoms with van der Waals surface area (Å²) >= 11 is 0. The van der Waals surface area contributed by atoms with Crippen LogP contribution in [0.3, 0.4) is 0 Å². The average molecular weight is 256 g/mol. The third-order valence-electron chi connectivity index (χ3n) is 4.34. The van der Waals surface area contributed by atoms with Gasteiger partial charge >= 0.3 is 0 Å². The molecule has 2 nitrogen and oxygen atoms in total. The molecule has 2 rings (SSSR count). The van der Waals surface area contributed by atoms with Gasteiger partial charge in [-0.2, -0.15) is 5.26 Å². The summed E-state index contributed by atoms with van der Waals surface area (Å²) in [5.74, 6) is 0.738. The highest BCUT2D eigenvalue weighted by molar-refractivity contribution is 5.31. The Hall–Kier alpha value is -1.33. The lowest BCUT2D eigenvalue weighted by atomic mass is 9.70. The molecule has 1 fully saturated rings.